The second kappa shape index (κ2) is 5.46. The summed E-state index contributed by atoms with van der Waals surface area (Å²) >= 11 is 0. The number of ether oxygens (including phenoxy) is 1. The van der Waals surface area contributed by atoms with E-state index in [-0.39, 0.29) is 11.9 Å². The molecule has 1 amide bonds. The van der Waals surface area contributed by atoms with Crippen molar-refractivity contribution in [1.29, 1.82) is 0 Å². The maximum absolute atomic E-state index is 11.9. The summed E-state index contributed by atoms with van der Waals surface area (Å²) in [5.74, 6) is -0.202. The number of methoxy groups -OCH3 is 1. The predicted molar refractivity (Wildman–Crippen MR) is 63.9 cm³/mol. The molecule has 2 N–H and O–H groups in total. The van der Waals surface area contributed by atoms with Crippen LogP contribution in [0.4, 0.5) is 0 Å². The van der Waals surface area contributed by atoms with E-state index in [1.54, 1.807) is 24.2 Å². The number of nitrogens with one attached hydrogen (secondary N) is 2. The minimum Gasteiger partial charge on any atom is -0.382 e. The van der Waals surface area contributed by atoms with E-state index in [2.05, 4.69) is 20.6 Å². The van der Waals surface area contributed by atoms with Crippen molar-refractivity contribution in [3.05, 3.63) is 35.9 Å². The summed E-state index contributed by atoms with van der Waals surface area (Å²) in [7, 11) is 3.41. The van der Waals surface area contributed by atoms with Gasteiger partial charge in [0.2, 0.25) is 0 Å². The van der Waals surface area contributed by atoms with Crippen LogP contribution in [0.5, 0.6) is 0 Å². The van der Waals surface area contributed by atoms with Crippen LogP contribution in [0, 0.1) is 0 Å². The monoisotopic (exact) mass is 249 g/mol. The van der Waals surface area contributed by atoms with Gasteiger partial charge in [-0.25, -0.2) is 0 Å². The molecule has 2 rings (SSSR count). The molecule has 0 aliphatic heterocycles. The van der Waals surface area contributed by atoms with Crippen LogP contribution >= 0.6 is 0 Å². The van der Waals surface area contributed by atoms with E-state index < -0.39 is 0 Å². The lowest BCUT2D eigenvalue weighted by Crippen LogP contribution is -2.32. The molecule has 96 valence electrons. The molecule has 1 unspecified atom stereocenters. The SMILES string of the molecule is COCC(NC(=O)c1cn[nH]c1)c1ccnn1C. The van der Waals surface area contributed by atoms with Gasteiger partial charge in [-0.3, -0.25) is 14.6 Å². The summed E-state index contributed by atoms with van der Waals surface area (Å²) in [6.07, 6.45) is 4.70. The zero-order valence-electron chi connectivity index (χ0n) is 10.3. The van der Waals surface area contributed by atoms with Crippen molar-refractivity contribution in [1.82, 2.24) is 25.3 Å². The van der Waals surface area contributed by atoms with Gasteiger partial charge in [-0.15, -0.1) is 0 Å². The van der Waals surface area contributed by atoms with Gasteiger partial charge >= 0.3 is 0 Å². The van der Waals surface area contributed by atoms with Gasteiger partial charge in [0.05, 0.1) is 30.1 Å². The number of aromatic nitrogens is 4. The highest BCUT2D eigenvalue weighted by atomic mass is 16.5. The van der Waals surface area contributed by atoms with Crippen LogP contribution in [0.2, 0.25) is 0 Å². The van der Waals surface area contributed by atoms with E-state index in [0.29, 0.717) is 12.2 Å². The van der Waals surface area contributed by atoms with Crippen LogP contribution in [-0.2, 0) is 11.8 Å². The maximum atomic E-state index is 11.9. The molecule has 2 aromatic heterocycles. The molecule has 0 spiro atoms. The van der Waals surface area contributed by atoms with Crippen molar-refractivity contribution in [3.63, 3.8) is 0 Å². The number of carbonyl (C=O) groups excluding carboxylic acids is 1. The Morgan fingerprint density at radius 2 is 2.50 bits per heavy atom. The smallest absolute Gasteiger partial charge is 0.255 e. The lowest BCUT2D eigenvalue weighted by atomic mass is 10.2. The average Bonchev–Trinajstić information content (AvgIpc) is 2.99. The molecule has 0 saturated heterocycles. The van der Waals surface area contributed by atoms with Gasteiger partial charge < -0.3 is 10.1 Å². The van der Waals surface area contributed by atoms with Crippen molar-refractivity contribution in [2.45, 2.75) is 6.04 Å². The first-order valence-corrected chi connectivity index (χ1v) is 5.49. The zero-order valence-corrected chi connectivity index (χ0v) is 10.3. The Morgan fingerprint density at radius 1 is 1.67 bits per heavy atom. The zero-order chi connectivity index (χ0) is 13.0. The minimum absolute atomic E-state index is 0.202. The highest BCUT2D eigenvalue weighted by molar-refractivity contribution is 5.93. The number of H-pyrrole nitrogens is 1. The Hall–Kier alpha value is -2.15. The van der Waals surface area contributed by atoms with Crippen LogP contribution in [0.1, 0.15) is 22.1 Å². The summed E-state index contributed by atoms with van der Waals surface area (Å²) < 4.78 is 6.83. The van der Waals surface area contributed by atoms with Gasteiger partial charge in [0, 0.05) is 26.6 Å². The molecule has 7 heteroatoms. The van der Waals surface area contributed by atoms with E-state index in [0.717, 1.165) is 5.69 Å². The molecule has 0 bridgehead atoms. The number of nitrogens with zero attached hydrogens (tertiary/aromatic N) is 3. The summed E-state index contributed by atoms with van der Waals surface area (Å²) in [4.78, 5) is 11.9. The predicted octanol–water partition coefficient (Wildman–Crippen LogP) is 0.261. The number of amides is 1. The summed E-state index contributed by atoms with van der Waals surface area (Å²) in [5, 5.41) is 13.3. The second-order valence-corrected chi connectivity index (χ2v) is 3.85. The van der Waals surface area contributed by atoms with Crippen LogP contribution in [-0.4, -0.2) is 39.6 Å². The molecule has 2 heterocycles. The Morgan fingerprint density at radius 3 is 3.06 bits per heavy atom. The molecule has 0 aromatic carbocycles. The third-order valence-corrected chi connectivity index (χ3v) is 2.61. The molecule has 2 aromatic rings. The van der Waals surface area contributed by atoms with Gasteiger partial charge in [0.15, 0.2) is 0 Å². The molecule has 0 aliphatic rings. The Bertz CT molecular complexity index is 505. The van der Waals surface area contributed by atoms with Crippen molar-refractivity contribution in [3.8, 4) is 0 Å². The highest BCUT2D eigenvalue weighted by Crippen LogP contribution is 2.12. The topological polar surface area (TPSA) is 84.8 Å². The molecule has 0 saturated carbocycles. The Labute approximate surface area is 104 Å². The van der Waals surface area contributed by atoms with Crippen LogP contribution in [0.15, 0.2) is 24.7 Å². The largest absolute Gasteiger partial charge is 0.382 e. The molecule has 7 nitrogen and oxygen atoms in total. The van der Waals surface area contributed by atoms with Gasteiger partial charge in [-0.1, -0.05) is 0 Å². The first-order chi connectivity index (χ1) is 8.72. The third kappa shape index (κ3) is 2.57. The van der Waals surface area contributed by atoms with Crippen molar-refractivity contribution >= 4 is 5.91 Å². The fraction of sp³-hybridized carbons (Fsp3) is 0.364. The highest BCUT2D eigenvalue weighted by Gasteiger charge is 2.18. The van der Waals surface area contributed by atoms with Crippen LogP contribution < -0.4 is 5.32 Å². The first-order valence-electron chi connectivity index (χ1n) is 5.49. The molecule has 0 aliphatic carbocycles. The van der Waals surface area contributed by atoms with Crippen molar-refractivity contribution < 1.29 is 9.53 Å². The van der Waals surface area contributed by atoms with E-state index in [4.69, 9.17) is 4.74 Å². The van der Waals surface area contributed by atoms with E-state index >= 15 is 0 Å². The first kappa shape index (κ1) is 12.3. The van der Waals surface area contributed by atoms with Gasteiger partial charge in [-0.2, -0.15) is 10.2 Å². The van der Waals surface area contributed by atoms with Crippen molar-refractivity contribution in [2.75, 3.05) is 13.7 Å². The van der Waals surface area contributed by atoms with Gasteiger partial charge in [0.25, 0.3) is 5.91 Å². The number of hydrogen-bond donors (Lipinski definition) is 2. The van der Waals surface area contributed by atoms with Gasteiger partial charge in [0.1, 0.15) is 0 Å². The lowest BCUT2D eigenvalue weighted by molar-refractivity contribution is 0.0892. The molecular formula is C11H15N5O2. The maximum Gasteiger partial charge on any atom is 0.255 e. The average molecular weight is 249 g/mol. The number of aromatic amines is 1. The van der Waals surface area contributed by atoms with Crippen LogP contribution in [0.3, 0.4) is 0 Å². The molecule has 1 atom stereocenters. The number of hydrogen-bond acceptors (Lipinski definition) is 4. The fourth-order valence-electron chi connectivity index (χ4n) is 1.71. The van der Waals surface area contributed by atoms with E-state index in [1.165, 1.54) is 6.20 Å². The molecule has 18 heavy (non-hydrogen) atoms. The minimum atomic E-state index is -0.245. The summed E-state index contributed by atoms with van der Waals surface area (Å²) in [5.41, 5.74) is 1.37. The summed E-state index contributed by atoms with van der Waals surface area (Å²) in [6.45, 7) is 0.378. The quantitative estimate of drug-likeness (QED) is 0.796. The standard InChI is InChI=1S/C11H15N5O2/c1-16-10(3-4-14-16)9(7-18-2)15-11(17)8-5-12-13-6-8/h3-6,9H,7H2,1-2H3,(H,12,13)(H,15,17). The molecule has 0 radical (unpaired) electrons. The number of aryl methyl sites for hydroxylation is 1. The van der Waals surface area contributed by atoms with Crippen molar-refractivity contribution in [2.24, 2.45) is 7.05 Å². The second-order valence-electron chi connectivity index (χ2n) is 3.85. The fourth-order valence-corrected chi connectivity index (χ4v) is 1.71. The summed E-state index contributed by atoms with van der Waals surface area (Å²) in [6, 6.07) is 1.60. The molecule has 0 fully saturated rings. The van der Waals surface area contributed by atoms with Crippen LogP contribution in [0.25, 0.3) is 0 Å². The Kier molecular flexibility index (Phi) is 3.73. The number of rotatable bonds is 5. The third-order valence-electron chi connectivity index (χ3n) is 2.61. The normalized spacial score (nSPS) is 12.3. The number of carbonyl (C=O) groups is 1. The van der Waals surface area contributed by atoms with Gasteiger partial charge in [-0.05, 0) is 6.07 Å². The van der Waals surface area contributed by atoms with E-state index in [1.807, 2.05) is 13.1 Å². The van der Waals surface area contributed by atoms with E-state index in [9.17, 15) is 4.79 Å². The Balaban J connectivity index is 2.12. The molecular weight excluding hydrogens is 234 g/mol. The lowest BCUT2D eigenvalue weighted by Gasteiger charge is -2.17.